The second-order valence-corrected chi connectivity index (χ2v) is 9.21. The van der Waals surface area contributed by atoms with Gasteiger partial charge in [0.25, 0.3) is 5.91 Å². The van der Waals surface area contributed by atoms with E-state index in [0.717, 1.165) is 16.3 Å². The second-order valence-electron chi connectivity index (χ2n) is 8.78. The zero-order valence-corrected chi connectivity index (χ0v) is 21.0. The van der Waals surface area contributed by atoms with Crippen molar-refractivity contribution in [1.29, 1.82) is 0 Å². The van der Waals surface area contributed by atoms with Crippen molar-refractivity contribution in [2.75, 3.05) is 7.11 Å². The highest BCUT2D eigenvalue weighted by molar-refractivity contribution is 6.30. The Labute approximate surface area is 222 Å². The molecule has 4 aromatic rings. The molecular formula is C27H23ClN6O4. The van der Waals surface area contributed by atoms with Gasteiger partial charge in [0.2, 0.25) is 5.82 Å². The first-order valence-corrected chi connectivity index (χ1v) is 12.2. The third-order valence-electron chi connectivity index (χ3n) is 6.28. The van der Waals surface area contributed by atoms with Gasteiger partial charge in [0, 0.05) is 28.1 Å². The van der Waals surface area contributed by atoms with Crippen molar-refractivity contribution in [1.82, 2.24) is 30.9 Å². The van der Waals surface area contributed by atoms with Crippen LogP contribution in [0.4, 0.5) is 0 Å². The Kier molecular flexibility index (Phi) is 7.14. The standard InChI is InChI=1S/C27H23ClN6O4/c1-38-27(37)24(11-15-5-8-19(35)9-6-15)30-26(36)23-14-21(25-31-33-34-32-25)20-13-17(7-10-22(20)29-23)16-3-2-4-18(28)12-16/h2-6,8-10,12-14,17,24,35H,7,11H2,1H3,(H,30,36)(H,31,32,33,34)/t17?,24-/m0/s1. The molecule has 0 fully saturated rings. The van der Waals surface area contributed by atoms with E-state index in [1.165, 1.54) is 19.2 Å². The van der Waals surface area contributed by atoms with Gasteiger partial charge < -0.3 is 15.2 Å². The molecule has 1 amide bonds. The fraction of sp³-hybridized carbons (Fsp3) is 0.185. The first-order chi connectivity index (χ1) is 18.4. The van der Waals surface area contributed by atoms with Gasteiger partial charge in [0.15, 0.2) is 0 Å². The van der Waals surface area contributed by atoms with Gasteiger partial charge in [-0.2, -0.15) is 5.21 Å². The fourth-order valence-electron chi connectivity index (χ4n) is 4.40. The minimum atomic E-state index is -0.966. The predicted octanol–water partition coefficient (Wildman–Crippen LogP) is 1.88. The minimum absolute atomic E-state index is 0.0438. The van der Waals surface area contributed by atoms with Crippen molar-refractivity contribution >= 4 is 35.6 Å². The van der Waals surface area contributed by atoms with Crippen molar-refractivity contribution in [3.63, 3.8) is 0 Å². The largest absolute Gasteiger partial charge is 0.508 e. The average molecular weight is 531 g/mol. The number of tetrazole rings is 1. The number of carbonyl (C=O) groups is 2. The summed E-state index contributed by atoms with van der Waals surface area (Å²) in [5.74, 6) is -0.709. The zero-order valence-electron chi connectivity index (χ0n) is 20.3. The Morgan fingerprint density at radius 2 is 2.03 bits per heavy atom. The van der Waals surface area contributed by atoms with Gasteiger partial charge in [-0.05, 0) is 53.1 Å². The first-order valence-electron chi connectivity index (χ1n) is 11.8. The molecule has 0 saturated heterocycles. The van der Waals surface area contributed by atoms with Crippen LogP contribution in [0.25, 0.3) is 23.5 Å². The number of pyridine rings is 1. The number of esters is 1. The number of methoxy groups -OCH3 is 1. The molecule has 5 rings (SSSR count). The van der Waals surface area contributed by atoms with Crippen LogP contribution in [0.1, 0.15) is 34.0 Å². The van der Waals surface area contributed by atoms with Crippen LogP contribution in [-0.2, 0) is 16.0 Å². The number of hydrogen-bond donors (Lipinski definition) is 3. The molecule has 38 heavy (non-hydrogen) atoms. The molecule has 0 radical (unpaired) electrons. The number of phenolic OH excluding ortho intramolecular Hbond substituents is 1. The lowest BCUT2D eigenvalue weighted by Crippen LogP contribution is -2.44. The molecular weight excluding hydrogens is 508 g/mol. The van der Waals surface area contributed by atoms with Crippen molar-refractivity contribution in [2.45, 2.75) is 24.8 Å². The maximum Gasteiger partial charge on any atom is 0.328 e. The van der Waals surface area contributed by atoms with Gasteiger partial charge in [-0.15, -0.1) is 10.2 Å². The molecule has 2 heterocycles. The average Bonchev–Trinajstić information content (AvgIpc) is 3.47. The normalized spacial score (nSPS) is 14.9. The SMILES string of the molecule is COC(=O)[C@H](Cc1ccc(O)cc1)NC(=O)c1cc(-c2nn[nH]n2)c2c(n1)=CCC(c1cccc(Cl)c1)C=2. The number of hydrogen-bond acceptors (Lipinski definition) is 8. The maximum atomic E-state index is 13.3. The van der Waals surface area contributed by atoms with Crippen LogP contribution in [0.15, 0.2) is 54.6 Å². The van der Waals surface area contributed by atoms with Crippen molar-refractivity contribution in [2.24, 2.45) is 0 Å². The van der Waals surface area contributed by atoms with Gasteiger partial charge in [-0.25, -0.2) is 9.78 Å². The molecule has 10 nitrogen and oxygen atoms in total. The molecule has 3 N–H and O–H groups in total. The maximum absolute atomic E-state index is 13.3. The van der Waals surface area contributed by atoms with Crippen LogP contribution in [0, 0.1) is 0 Å². The number of aromatic amines is 1. The zero-order chi connectivity index (χ0) is 26.6. The number of amides is 1. The summed E-state index contributed by atoms with van der Waals surface area (Å²) in [6.07, 6.45) is 4.84. The van der Waals surface area contributed by atoms with E-state index in [1.54, 1.807) is 18.2 Å². The third-order valence-corrected chi connectivity index (χ3v) is 6.52. The molecule has 2 aromatic carbocycles. The number of nitrogens with one attached hydrogen (secondary N) is 2. The van der Waals surface area contributed by atoms with Gasteiger partial charge in [-0.3, -0.25) is 4.79 Å². The van der Waals surface area contributed by atoms with E-state index >= 15 is 0 Å². The van der Waals surface area contributed by atoms with Crippen molar-refractivity contribution < 1.29 is 19.4 Å². The number of aromatic nitrogens is 5. The number of benzene rings is 2. The predicted molar refractivity (Wildman–Crippen MR) is 139 cm³/mol. The smallest absolute Gasteiger partial charge is 0.328 e. The Morgan fingerprint density at radius 3 is 2.74 bits per heavy atom. The van der Waals surface area contributed by atoms with E-state index in [4.69, 9.17) is 16.3 Å². The van der Waals surface area contributed by atoms with Crippen LogP contribution in [0.2, 0.25) is 5.02 Å². The summed E-state index contributed by atoms with van der Waals surface area (Å²) in [4.78, 5) is 30.4. The van der Waals surface area contributed by atoms with Gasteiger partial charge in [0.1, 0.15) is 17.5 Å². The summed E-state index contributed by atoms with van der Waals surface area (Å²) in [6, 6.07) is 14.6. The van der Waals surface area contributed by atoms with Gasteiger partial charge in [-0.1, -0.05) is 48.0 Å². The number of nitrogens with zero attached hydrogens (tertiary/aromatic N) is 4. The lowest BCUT2D eigenvalue weighted by molar-refractivity contribution is -0.142. The van der Waals surface area contributed by atoms with E-state index in [2.05, 4.69) is 37.0 Å². The number of carbonyl (C=O) groups excluding carboxylic acids is 2. The lowest BCUT2D eigenvalue weighted by atomic mass is 9.90. The summed E-state index contributed by atoms with van der Waals surface area (Å²) >= 11 is 6.21. The first kappa shape index (κ1) is 25.1. The van der Waals surface area contributed by atoms with Gasteiger partial charge in [0.05, 0.1) is 12.5 Å². The molecule has 0 aliphatic heterocycles. The third kappa shape index (κ3) is 5.40. The summed E-state index contributed by atoms with van der Waals surface area (Å²) in [5, 5.41) is 28.6. The van der Waals surface area contributed by atoms with Crippen molar-refractivity contribution in [3.05, 3.63) is 87.0 Å². The fourth-order valence-corrected chi connectivity index (χ4v) is 4.59. The van der Waals surface area contributed by atoms with Crippen LogP contribution in [0.3, 0.4) is 0 Å². The molecule has 1 unspecified atom stereocenters. The Balaban J connectivity index is 1.50. The molecule has 0 spiro atoms. The van der Waals surface area contributed by atoms with E-state index in [1.807, 2.05) is 30.3 Å². The number of H-pyrrole nitrogens is 1. The van der Waals surface area contributed by atoms with E-state index in [9.17, 15) is 14.7 Å². The molecule has 1 aliphatic rings. The highest BCUT2D eigenvalue weighted by Crippen LogP contribution is 2.26. The number of ether oxygens (including phenoxy) is 1. The molecule has 1 aliphatic carbocycles. The van der Waals surface area contributed by atoms with Crippen molar-refractivity contribution in [3.8, 4) is 17.1 Å². The number of halogens is 1. The summed E-state index contributed by atoms with van der Waals surface area (Å²) in [7, 11) is 1.25. The highest BCUT2D eigenvalue weighted by atomic mass is 35.5. The Hall–Kier alpha value is -4.57. The van der Waals surface area contributed by atoms with Gasteiger partial charge >= 0.3 is 5.97 Å². The van der Waals surface area contributed by atoms with Crippen LogP contribution in [-0.4, -0.2) is 55.7 Å². The number of rotatable bonds is 7. The molecule has 192 valence electrons. The lowest BCUT2D eigenvalue weighted by Gasteiger charge is -2.18. The monoisotopic (exact) mass is 530 g/mol. The number of fused-ring (bicyclic) bond motifs is 1. The van der Waals surface area contributed by atoms with Crippen LogP contribution < -0.4 is 15.9 Å². The second kappa shape index (κ2) is 10.8. The summed E-state index contributed by atoms with van der Waals surface area (Å²) in [6.45, 7) is 0. The van der Waals surface area contributed by atoms with Crippen LogP contribution >= 0.6 is 11.6 Å². The molecule has 0 saturated carbocycles. The molecule has 2 aromatic heterocycles. The minimum Gasteiger partial charge on any atom is -0.508 e. The van der Waals surface area contributed by atoms with Crippen LogP contribution in [0.5, 0.6) is 5.75 Å². The van der Waals surface area contributed by atoms with E-state index < -0.39 is 17.9 Å². The quantitative estimate of drug-likeness (QED) is 0.307. The highest BCUT2D eigenvalue weighted by Gasteiger charge is 2.25. The Morgan fingerprint density at radius 1 is 1.21 bits per heavy atom. The Bertz CT molecular complexity index is 1610. The molecule has 2 atom stereocenters. The molecule has 0 bridgehead atoms. The topological polar surface area (TPSA) is 143 Å². The summed E-state index contributed by atoms with van der Waals surface area (Å²) in [5.41, 5.74) is 2.45. The number of aromatic hydroxyl groups is 1. The molecule has 11 heteroatoms. The summed E-state index contributed by atoms with van der Waals surface area (Å²) < 4.78 is 4.90. The van der Waals surface area contributed by atoms with E-state index in [0.29, 0.717) is 28.2 Å². The number of phenols is 1. The van der Waals surface area contributed by atoms with E-state index in [-0.39, 0.29) is 23.8 Å².